The van der Waals surface area contributed by atoms with Gasteiger partial charge < -0.3 is 10.2 Å². The van der Waals surface area contributed by atoms with Crippen molar-refractivity contribution in [2.75, 3.05) is 37.6 Å². The lowest BCUT2D eigenvalue weighted by molar-refractivity contribution is -0.686. The minimum atomic E-state index is 0.234. The van der Waals surface area contributed by atoms with Crippen LogP contribution in [0.4, 0.5) is 5.82 Å². The maximum atomic E-state index is 12.6. The van der Waals surface area contributed by atoms with Crippen LogP contribution in [0.2, 0.25) is 0 Å². The molecule has 5 nitrogen and oxygen atoms in total. The Bertz CT molecular complexity index is 700. The number of aromatic nitrogens is 1. The second-order valence-corrected chi connectivity index (χ2v) is 7.54. The molecule has 1 fully saturated rings. The summed E-state index contributed by atoms with van der Waals surface area (Å²) in [5, 5.41) is 2.17. The van der Waals surface area contributed by atoms with Crippen molar-refractivity contribution < 1.29 is 15.1 Å². The van der Waals surface area contributed by atoms with Gasteiger partial charge in [-0.05, 0) is 18.2 Å². The first-order valence-corrected chi connectivity index (χ1v) is 10.0. The molecule has 2 aromatic rings. The van der Waals surface area contributed by atoms with Crippen LogP contribution in [0, 0.1) is 0 Å². The Labute approximate surface area is 163 Å². The Kier molecular flexibility index (Phi) is 6.63. The highest BCUT2D eigenvalue weighted by Crippen LogP contribution is 2.16. The predicted molar refractivity (Wildman–Crippen MR) is 106 cm³/mol. The lowest BCUT2D eigenvalue weighted by Crippen LogP contribution is -2.87. The Balaban J connectivity index is 1.48. The Morgan fingerprint density at radius 3 is 2.50 bits per heavy atom. The molecule has 1 aliphatic rings. The molecule has 0 bridgehead atoms. The zero-order chi connectivity index (χ0) is 18.4. The number of anilines is 1. The third-order valence-electron chi connectivity index (χ3n) is 4.98. The van der Waals surface area contributed by atoms with E-state index in [-0.39, 0.29) is 5.91 Å². The van der Waals surface area contributed by atoms with E-state index in [4.69, 9.17) is 0 Å². The fourth-order valence-electron chi connectivity index (χ4n) is 3.40. The molecule has 0 unspecified atom stereocenters. The average molecular weight is 419 g/mol. The van der Waals surface area contributed by atoms with Gasteiger partial charge in [-0.2, -0.15) is 0 Å². The summed E-state index contributed by atoms with van der Waals surface area (Å²) < 4.78 is 1.08. The molecule has 3 rings (SSSR count). The molecular formula is C20H27BrN4O+2. The van der Waals surface area contributed by atoms with Crippen LogP contribution >= 0.6 is 15.9 Å². The number of piperazine rings is 1. The van der Waals surface area contributed by atoms with Crippen molar-refractivity contribution in [3.8, 4) is 0 Å². The van der Waals surface area contributed by atoms with Crippen LogP contribution < -0.4 is 15.2 Å². The highest BCUT2D eigenvalue weighted by atomic mass is 79.9. The number of benzene rings is 1. The summed E-state index contributed by atoms with van der Waals surface area (Å²) in [6, 6.07) is 14.8. The molecule has 3 N–H and O–H groups in total. The van der Waals surface area contributed by atoms with E-state index in [1.165, 1.54) is 5.56 Å². The first-order chi connectivity index (χ1) is 12.7. The van der Waals surface area contributed by atoms with E-state index in [1.807, 2.05) is 23.2 Å². The van der Waals surface area contributed by atoms with Crippen molar-refractivity contribution in [3.05, 3.63) is 58.7 Å². The number of aromatic amines is 1. The van der Waals surface area contributed by atoms with E-state index in [0.29, 0.717) is 12.6 Å². The molecule has 138 valence electrons. The first kappa shape index (κ1) is 18.9. The maximum absolute atomic E-state index is 12.6. The van der Waals surface area contributed by atoms with Crippen LogP contribution in [0.1, 0.15) is 24.9 Å². The third kappa shape index (κ3) is 4.83. The fourth-order valence-corrected chi connectivity index (χ4v) is 3.66. The topological polar surface area (TPSA) is 54.3 Å². The molecule has 26 heavy (non-hydrogen) atoms. The van der Waals surface area contributed by atoms with Crippen molar-refractivity contribution in [2.24, 2.45) is 0 Å². The van der Waals surface area contributed by atoms with Gasteiger partial charge in [0.05, 0.1) is 19.3 Å². The van der Waals surface area contributed by atoms with Gasteiger partial charge in [-0.1, -0.05) is 41.1 Å². The van der Waals surface area contributed by atoms with Crippen molar-refractivity contribution in [3.63, 3.8) is 0 Å². The largest absolute Gasteiger partial charge is 0.332 e. The standard InChI is InChI=1S/C20H25BrN4O/c1-2-18(16-6-8-17(21)9-7-16)23-15-20(26)25-13-11-24(12-14-25)19-5-3-4-10-22-19/h3-10,18,23H,2,11-15H2,1H3/p+2/t18-/m0/s1. The molecule has 0 saturated carbocycles. The molecule has 0 radical (unpaired) electrons. The molecular weight excluding hydrogens is 392 g/mol. The summed E-state index contributed by atoms with van der Waals surface area (Å²) in [5.41, 5.74) is 1.27. The lowest BCUT2D eigenvalue weighted by Gasteiger charge is -2.30. The molecule has 2 heterocycles. The second kappa shape index (κ2) is 9.14. The van der Waals surface area contributed by atoms with Crippen LogP contribution in [0.25, 0.3) is 0 Å². The molecule has 1 aromatic heterocycles. The fraction of sp³-hybridized carbons (Fsp3) is 0.400. The van der Waals surface area contributed by atoms with Crippen molar-refractivity contribution in [2.45, 2.75) is 19.4 Å². The number of quaternary nitrogens is 1. The summed E-state index contributed by atoms with van der Waals surface area (Å²) in [7, 11) is 0. The van der Waals surface area contributed by atoms with Crippen molar-refractivity contribution in [1.82, 2.24) is 4.90 Å². The summed E-state index contributed by atoms with van der Waals surface area (Å²) >= 11 is 3.48. The average Bonchev–Trinajstić information content (AvgIpc) is 2.70. The van der Waals surface area contributed by atoms with Crippen LogP contribution in [0.5, 0.6) is 0 Å². The number of amides is 1. The van der Waals surface area contributed by atoms with Gasteiger partial charge in [0.1, 0.15) is 19.1 Å². The SMILES string of the molecule is CC[C@H]([NH2+]CC(=O)N1CCN(c2cccc[nH+]2)CC1)c1ccc(Br)cc1. The van der Waals surface area contributed by atoms with Gasteiger partial charge in [-0.3, -0.25) is 9.69 Å². The number of carbonyl (C=O) groups excluding carboxylic acids is 1. The summed E-state index contributed by atoms with van der Waals surface area (Å²) in [4.78, 5) is 20.2. The van der Waals surface area contributed by atoms with Gasteiger partial charge in [0.2, 0.25) is 0 Å². The number of hydrogen-bond donors (Lipinski definition) is 1. The quantitative estimate of drug-likeness (QED) is 0.774. The summed E-state index contributed by atoms with van der Waals surface area (Å²) in [6.07, 6.45) is 2.95. The number of pyridine rings is 1. The van der Waals surface area contributed by atoms with E-state index in [2.05, 4.69) is 68.4 Å². The minimum absolute atomic E-state index is 0.234. The molecule has 1 aromatic carbocycles. The van der Waals surface area contributed by atoms with Crippen LogP contribution in [0.15, 0.2) is 53.1 Å². The van der Waals surface area contributed by atoms with Gasteiger partial charge in [-0.25, -0.2) is 4.98 Å². The van der Waals surface area contributed by atoms with Crippen molar-refractivity contribution in [1.29, 1.82) is 0 Å². The van der Waals surface area contributed by atoms with E-state index in [9.17, 15) is 4.79 Å². The van der Waals surface area contributed by atoms with Gasteiger partial charge >= 0.3 is 0 Å². The lowest BCUT2D eigenvalue weighted by atomic mass is 10.0. The number of halogens is 1. The molecule has 6 heteroatoms. The zero-order valence-electron chi connectivity index (χ0n) is 15.2. The van der Waals surface area contributed by atoms with E-state index >= 15 is 0 Å². The second-order valence-electron chi connectivity index (χ2n) is 6.62. The van der Waals surface area contributed by atoms with E-state index in [0.717, 1.165) is 42.9 Å². The number of nitrogens with zero attached hydrogens (tertiary/aromatic N) is 2. The Hall–Kier alpha value is -1.92. The van der Waals surface area contributed by atoms with Gasteiger partial charge in [0.25, 0.3) is 11.7 Å². The number of hydrogen-bond acceptors (Lipinski definition) is 2. The molecule has 0 spiro atoms. The highest BCUT2D eigenvalue weighted by Gasteiger charge is 2.27. The van der Waals surface area contributed by atoms with Gasteiger partial charge in [0, 0.05) is 22.5 Å². The third-order valence-corrected chi connectivity index (χ3v) is 5.51. The predicted octanol–water partition coefficient (Wildman–Crippen LogP) is 1.63. The number of rotatable bonds is 6. The maximum Gasteiger partial charge on any atom is 0.277 e. The molecule has 1 amide bonds. The Morgan fingerprint density at radius 2 is 1.88 bits per heavy atom. The normalized spacial score (nSPS) is 15.8. The first-order valence-electron chi connectivity index (χ1n) is 9.25. The zero-order valence-corrected chi connectivity index (χ0v) is 16.8. The van der Waals surface area contributed by atoms with E-state index in [1.54, 1.807) is 0 Å². The number of carbonyl (C=O) groups is 1. The number of H-pyrrole nitrogens is 1. The van der Waals surface area contributed by atoms with Crippen molar-refractivity contribution >= 4 is 27.7 Å². The van der Waals surface area contributed by atoms with Crippen LogP contribution in [0.3, 0.4) is 0 Å². The summed E-state index contributed by atoms with van der Waals surface area (Å²) in [5.74, 6) is 1.35. The molecule has 1 aliphatic heterocycles. The van der Waals surface area contributed by atoms with Crippen LogP contribution in [-0.2, 0) is 4.79 Å². The summed E-state index contributed by atoms with van der Waals surface area (Å²) in [6.45, 7) is 5.98. The highest BCUT2D eigenvalue weighted by molar-refractivity contribution is 9.10. The number of nitrogens with one attached hydrogen (secondary N) is 1. The van der Waals surface area contributed by atoms with E-state index < -0.39 is 0 Å². The molecule has 1 saturated heterocycles. The Morgan fingerprint density at radius 1 is 1.15 bits per heavy atom. The smallest absolute Gasteiger partial charge is 0.277 e. The van der Waals surface area contributed by atoms with Crippen LogP contribution in [-0.4, -0.2) is 43.5 Å². The van der Waals surface area contributed by atoms with Gasteiger partial charge in [0.15, 0.2) is 6.54 Å². The molecule has 1 atom stereocenters. The van der Waals surface area contributed by atoms with Gasteiger partial charge in [-0.15, -0.1) is 0 Å². The minimum Gasteiger partial charge on any atom is -0.332 e. The molecule has 0 aliphatic carbocycles. The number of nitrogens with two attached hydrogens (primary N) is 1. The monoisotopic (exact) mass is 418 g/mol.